The fourth-order valence-corrected chi connectivity index (χ4v) is 2.63. The van der Waals surface area contributed by atoms with Gasteiger partial charge in [-0.3, -0.25) is 0 Å². The van der Waals surface area contributed by atoms with Gasteiger partial charge in [0.25, 0.3) is 0 Å². The highest BCUT2D eigenvalue weighted by molar-refractivity contribution is 9.09. The summed E-state index contributed by atoms with van der Waals surface area (Å²) in [5, 5.41) is 1.73. The Hall–Kier alpha value is -0.800. The summed E-state index contributed by atoms with van der Waals surface area (Å²) in [6.45, 7) is 0. The highest BCUT2D eigenvalue weighted by Crippen LogP contribution is 2.29. The van der Waals surface area contributed by atoms with Crippen molar-refractivity contribution in [2.24, 2.45) is 0 Å². The first-order chi connectivity index (χ1) is 8.85. The number of aryl methyl sites for hydroxylation is 1. The van der Waals surface area contributed by atoms with Crippen molar-refractivity contribution in [2.75, 3.05) is 5.33 Å². The lowest BCUT2D eigenvalue weighted by molar-refractivity contribution is 0.473. The van der Waals surface area contributed by atoms with Crippen LogP contribution in [0.1, 0.15) is 11.1 Å². The fraction of sp³-hybridized carbons (Fsp3) is 0.200. The molecular formula is C15H14Br2O. The molecule has 0 saturated carbocycles. The van der Waals surface area contributed by atoms with Crippen LogP contribution in [0.25, 0.3) is 0 Å². The van der Waals surface area contributed by atoms with Crippen LogP contribution in [-0.4, -0.2) is 5.33 Å². The van der Waals surface area contributed by atoms with E-state index in [1.54, 1.807) is 0 Å². The van der Waals surface area contributed by atoms with Gasteiger partial charge in [0.05, 0.1) is 0 Å². The third-order valence-corrected chi connectivity index (χ3v) is 3.67. The molecule has 0 heterocycles. The molecule has 0 amide bonds. The number of ether oxygens (including phenoxy) is 1. The molecule has 3 heteroatoms. The Morgan fingerprint density at radius 2 is 1.33 bits per heavy atom. The average Bonchev–Trinajstić information content (AvgIpc) is 2.42. The zero-order chi connectivity index (χ0) is 12.8. The Balaban J connectivity index is 2.28. The summed E-state index contributed by atoms with van der Waals surface area (Å²) in [7, 11) is 0. The molecule has 0 unspecified atom stereocenters. The Labute approximate surface area is 124 Å². The second-order valence-electron chi connectivity index (χ2n) is 3.89. The van der Waals surface area contributed by atoms with Crippen LogP contribution in [-0.2, 0) is 11.8 Å². The molecule has 94 valence electrons. The molecule has 0 saturated heterocycles. The van der Waals surface area contributed by atoms with Crippen LogP contribution in [0.15, 0.2) is 48.5 Å². The normalized spacial score (nSPS) is 10.3. The second kappa shape index (κ2) is 6.95. The first kappa shape index (κ1) is 13.6. The molecule has 0 aliphatic carbocycles. The van der Waals surface area contributed by atoms with Crippen LogP contribution >= 0.6 is 31.9 Å². The maximum Gasteiger partial charge on any atom is 0.131 e. The maximum absolute atomic E-state index is 6.03. The van der Waals surface area contributed by atoms with E-state index >= 15 is 0 Å². The largest absolute Gasteiger partial charge is 0.457 e. The van der Waals surface area contributed by atoms with Gasteiger partial charge in [-0.15, -0.1) is 0 Å². The summed E-state index contributed by atoms with van der Waals surface area (Å²) >= 11 is 6.95. The summed E-state index contributed by atoms with van der Waals surface area (Å²) in [5.41, 5.74) is 2.38. The summed E-state index contributed by atoms with van der Waals surface area (Å²) in [6.07, 6.45) is 0.965. The summed E-state index contributed by atoms with van der Waals surface area (Å²) in [4.78, 5) is 0. The first-order valence-electron chi connectivity index (χ1n) is 5.80. The molecule has 0 aliphatic heterocycles. The van der Waals surface area contributed by atoms with Crippen LogP contribution in [0.5, 0.6) is 11.5 Å². The molecule has 2 aromatic rings. The minimum atomic E-state index is 0.795. The lowest BCUT2D eigenvalue weighted by Gasteiger charge is -2.12. The van der Waals surface area contributed by atoms with E-state index in [1.165, 1.54) is 5.56 Å². The summed E-state index contributed by atoms with van der Waals surface area (Å²) in [6, 6.07) is 16.3. The van der Waals surface area contributed by atoms with E-state index in [9.17, 15) is 0 Å². The lowest BCUT2D eigenvalue weighted by atomic mass is 10.1. The number of hydrogen-bond donors (Lipinski definition) is 0. The van der Waals surface area contributed by atoms with Crippen LogP contribution in [0, 0.1) is 0 Å². The van der Waals surface area contributed by atoms with Gasteiger partial charge < -0.3 is 4.74 Å². The Morgan fingerprint density at radius 3 is 1.94 bits per heavy atom. The molecule has 0 radical (unpaired) electrons. The molecule has 1 nitrogen and oxygen atoms in total. The maximum atomic E-state index is 6.03. The van der Waals surface area contributed by atoms with Gasteiger partial charge in [0.15, 0.2) is 0 Å². The van der Waals surface area contributed by atoms with E-state index in [0.717, 1.165) is 34.1 Å². The van der Waals surface area contributed by atoms with Gasteiger partial charge in [-0.1, -0.05) is 68.3 Å². The van der Waals surface area contributed by atoms with Gasteiger partial charge in [0.1, 0.15) is 11.5 Å². The van der Waals surface area contributed by atoms with Crippen molar-refractivity contribution < 1.29 is 4.74 Å². The number of alkyl halides is 2. The topological polar surface area (TPSA) is 9.23 Å². The molecule has 0 aromatic heterocycles. The number of benzene rings is 2. The van der Waals surface area contributed by atoms with E-state index in [0.29, 0.717) is 0 Å². The van der Waals surface area contributed by atoms with Crippen molar-refractivity contribution in [1.29, 1.82) is 0 Å². The monoisotopic (exact) mass is 368 g/mol. The number of hydrogen-bond acceptors (Lipinski definition) is 1. The molecule has 0 aliphatic rings. The van der Waals surface area contributed by atoms with Gasteiger partial charge in [-0.05, 0) is 24.1 Å². The molecule has 0 bridgehead atoms. The average molecular weight is 370 g/mol. The van der Waals surface area contributed by atoms with Crippen molar-refractivity contribution in [3.05, 3.63) is 59.7 Å². The quantitative estimate of drug-likeness (QED) is 0.649. The van der Waals surface area contributed by atoms with E-state index < -0.39 is 0 Å². The van der Waals surface area contributed by atoms with E-state index in [-0.39, 0.29) is 0 Å². The van der Waals surface area contributed by atoms with Crippen LogP contribution in [0.2, 0.25) is 0 Å². The van der Waals surface area contributed by atoms with Gasteiger partial charge in [-0.2, -0.15) is 0 Å². The second-order valence-corrected chi connectivity index (χ2v) is 5.24. The van der Waals surface area contributed by atoms with E-state index in [1.807, 2.05) is 36.4 Å². The minimum absolute atomic E-state index is 0.795. The molecule has 2 aromatic carbocycles. The molecule has 2 rings (SSSR count). The minimum Gasteiger partial charge on any atom is -0.457 e. The standard InChI is InChI=1S/C15H14Br2O/c16-10-9-12-5-1-3-7-14(12)18-15-8-4-2-6-13(15)11-17/h1-8H,9-11H2. The Kier molecular flexibility index (Phi) is 5.26. The molecular weight excluding hydrogens is 356 g/mol. The number of para-hydroxylation sites is 2. The van der Waals surface area contributed by atoms with Gasteiger partial charge in [0, 0.05) is 16.2 Å². The number of rotatable bonds is 5. The third kappa shape index (κ3) is 3.36. The van der Waals surface area contributed by atoms with Crippen molar-refractivity contribution in [3.8, 4) is 11.5 Å². The van der Waals surface area contributed by atoms with Gasteiger partial charge >= 0.3 is 0 Å². The van der Waals surface area contributed by atoms with Crippen molar-refractivity contribution in [1.82, 2.24) is 0 Å². The molecule has 0 fully saturated rings. The van der Waals surface area contributed by atoms with Crippen molar-refractivity contribution in [2.45, 2.75) is 11.8 Å². The molecule has 0 N–H and O–H groups in total. The van der Waals surface area contributed by atoms with Crippen molar-refractivity contribution in [3.63, 3.8) is 0 Å². The first-order valence-corrected chi connectivity index (χ1v) is 8.05. The van der Waals surface area contributed by atoms with Gasteiger partial charge in [0.2, 0.25) is 0 Å². The Bertz CT molecular complexity index is 511. The zero-order valence-corrected chi connectivity index (χ0v) is 13.1. The van der Waals surface area contributed by atoms with Crippen molar-refractivity contribution >= 4 is 31.9 Å². The molecule has 0 spiro atoms. The molecule has 18 heavy (non-hydrogen) atoms. The van der Waals surface area contributed by atoms with Crippen LogP contribution in [0.3, 0.4) is 0 Å². The van der Waals surface area contributed by atoms with E-state index in [4.69, 9.17) is 4.74 Å². The summed E-state index contributed by atoms with van der Waals surface area (Å²) in [5.74, 6) is 1.85. The predicted molar refractivity (Wildman–Crippen MR) is 83.1 cm³/mol. The SMILES string of the molecule is BrCCc1ccccc1Oc1ccccc1CBr. The summed E-state index contributed by atoms with van der Waals surface area (Å²) < 4.78 is 6.03. The highest BCUT2D eigenvalue weighted by Gasteiger charge is 2.06. The fourth-order valence-electron chi connectivity index (χ4n) is 1.74. The smallest absolute Gasteiger partial charge is 0.131 e. The molecule has 0 atom stereocenters. The predicted octanol–water partition coefficient (Wildman–Crippen LogP) is 5.31. The van der Waals surface area contributed by atoms with Crippen LogP contribution in [0.4, 0.5) is 0 Å². The van der Waals surface area contributed by atoms with Gasteiger partial charge in [-0.25, -0.2) is 0 Å². The highest BCUT2D eigenvalue weighted by atomic mass is 79.9. The zero-order valence-electron chi connectivity index (χ0n) is 9.90. The third-order valence-electron chi connectivity index (χ3n) is 2.67. The number of halogens is 2. The lowest BCUT2D eigenvalue weighted by Crippen LogP contribution is -1.94. The van der Waals surface area contributed by atoms with Crippen LogP contribution < -0.4 is 4.74 Å². The Morgan fingerprint density at radius 1 is 0.778 bits per heavy atom. The van der Waals surface area contributed by atoms with E-state index in [2.05, 4.69) is 44.0 Å².